The normalized spacial score (nSPS) is 13.3. The van der Waals surface area contributed by atoms with E-state index in [2.05, 4.69) is 44.7 Å². The largest absolute Gasteiger partial charge is 0.332 e. The molecule has 0 amide bonds. The van der Waals surface area contributed by atoms with Crippen LogP contribution in [0.25, 0.3) is 0 Å². The molecular formula is C34H66N2. The Balaban J connectivity index is 2.47. The molecule has 212 valence electrons. The average Bonchev–Trinajstić information content (AvgIpc) is 3.38. The second kappa shape index (κ2) is 24.5. The van der Waals surface area contributed by atoms with E-state index in [1.165, 1.54) is 166 Å². The van der Waals surface area contributed by atoms with Gasteiger partial charge in [0.1, 0.15) is 5.82 Å². The molecule has 2 atom stereocenters. The van der Waals surface area contributed by atoms with Gasteiger partial charge in [-0.3, -0.25) is 0 Å². The van der Waals surface area contributed by atoms with Crippen LogP contribution in [0.5, 0.6) is 0 Å². The van der Waals surface area contributed by atoms with Gasteiger partial charge in [-0.05, 0) is 26.2 Å². The van der Waals surface area contributed by atoms with Crippen molar-refractivity contribution in [3.8, 4) is 0 Å². The lowest BCUT2D eigenvalue weighted by atomic mass is 9.92. The van der Waals surface area contributed by atoms with Crippen LogP contribution in [-0.4, -0.2) is 9.55 Å². The number of aromatic nitrogens is 2. The van der Waals surface area contributed by atoms with E-state index >= 15 is 0 Å². The van der Waals surface area contributed by atoms with E-state index in [-0.39, 0.29) is 0 Å². The summed E-state index contributed by atoms with van der Waals surface area (Å²) in [6.45, 7) is 9.35. The third kappa shape index (κ3) is 16.9. The van der Waals surface area contributed by atoms with Crippen molar-refractivity contribution in [2.75, 3.05) is 0 Å². The predicted octanol–water partition coefficient (Wildman–Crippen LogP) is 12.3. The molecule has 36 heavy (non-hydrogen) atoms. The van der Waals surface area contributed by atoms with Crippen LogP contribution < -0.4 is 0 Å². The summed E-state index contributed by atoms with van der Waals surface area (Å²) in [6, 6.07) is 0.591. The van der Waals surface area contributed by atoms with Gasteiger partial charge in [0.25, 0.3) is 0 Å². The molecule has 0 aliphatic heterocycles. The summed E-state index contributed by atoms with van der Waals surface area (Å²) in [4.78, 5) is 4.96. The van der Waals surface area contributed by atoms with E-state index in [0.717, 1.165) is 0 Å². The lowest BCUT2D eigenvalue weighted by Gasteiger charge is -2.22. The highest BCUT2D eigenvalue weighted by Gasteiger charge is 2.19. The third-order valence-corrected chi connectivity index (χ3v) is 8.33. The summed E-state index contributed by atoms with van der Waals surface area (Å²) >= 11 is 0. The predicted molar refractivity (Wildman–Crippen MR) is 162 cm³/mol. The van der Waals surface area contributed by atoms with E-state index in [4.69, 9.17) is 4.98 Å². The first kappa shape index (κ1) is 33.2. The highest BCUT2D eigenvalue weighted by atomic mass is 15.1. The molecule has 0 saturated heterocycles. The first-order valence-corrected chi connectivity index (χ1v) is 16.8. The van der Waals surface area contributed by atoms with E-state index in [0.29, 0.717) is 12.0 Å². The van der Waals surface area contributed by atoms with Crippen molar-refractivity contribution < 1.29 is 0 Å². The van der Waals surface area contributed by atoms with Crippen LogP contribution in [0.2, 0.25) is 0 Å². The van der Waals surface area contributed by atoms with Crippen molar-refractivity contribution in [3.05, 3.63) is 18.2 Å². The number of nitrogens with zero attached hydrogens (tertiary/aromatic N) is 2. The quantitative estimate of drug-likeness (QED) is 0.109. The van der Waals surface area contributed by atoms with Crippen molar-refractivity contribution in [2.24, 2.45) is 0 Å². The fourth-order valence-electron chi connectivity index (χ4n) is 5.82. The Morgan fingerprint density at radius 2 is 0.889 bits per heavy atom. The molecule has 0 aliphatic rings. The minimum absolute atomic E-state index is 0.591. The monoisotopic (exact) mass is 503 g/mol. The van der Waals surface area contributed by atoms with E-state index < -0.39 is 0 Å². The summed E-state index contributed by atoms with van der Waals surface area (Å²) in [7, 11) is 0. The second-order valence-electron chi connectivity index (χ2n) is 11.8. The summed E-state index contributed by atoms with van der Waals surface area (Å²) in [5.41, 5.74) is 0. The molecule has 2 heteroatoms. The van der Waals surface area contributed by atoms with Crippen LogP contribution in [0.4, 0.5) is 0 Å². The Hall–Kier alpha value is -0.790. The number of hydrogen-bond acceptors (Lipinski definition) is 1. The SMILES string of the molecule is CCCCCCCCCCCCC(CCCCCCCCC)c1nccn1C(C)CCCCCCC. The molecule has 0 bridgehead atoms. The van der Waals surface area contributed by atoms with E-state index in [1.807, 2.05) is 0 Å². The highest BCUT2D eigenvalue weighted by Crippen LogP contribution is 2.30. The lowest BCUT2D eigenvalue weighted by molar-refractivity contribution is 0.413. The molecule has 2 nitrogen and oxygen atoms in total. The average molecular weight is 503 g/mol. The molecule has 0 spiro atoms. The van der Waals surface area contributed by atoms with Crippen molar-refractivity contribution >= 4 is 0 Å². The Labute approximate surface area is 227 Å². The third-order valence-electron chi connectivity index (χ3n) is 8.33. The van der Waals surface area contributed by atoms with Crippen LogP contribution >= 0.6 is 0 Å². The van der Waals surface area contributed by atoms with Gasteiger partial charge < -0.3 is 4.57 Å². The molecule has 1 rings (SSSR count). The minimum atomic E-state index is 0.591. The smallest absolute Gasteiger partial charge is 0.111 e. The van der Waals surface area contributed by atoms with Crippen molar-refractivity contribution in [2.45, 2.75) is 200 Å². The number of imidazole rings is 1. The van der Waals surface area contributed by atoms with Gasteiger partial charge in [-0.2, -0.15) is 0 Å². The van der Waals surface area contributed by atoms with Gasteiger partial charge in [0.15, 0.2) is 0 Å². The fraction of sp³-hybridized carbons (Fsp3) is 0.912. The molecule has 2 unspecified atom stereocenters. The van der Waals surface area contributed by atoms with Gasteiger partial charge in [0, 0.05) is 24.4 Å². The zero-order valence-corrected chi connectivity index (χ0v) is 25.4. The maximum Gasteiger partial charge on any atom is 0.111 e. The maximum absolute atomic E-state index is 4.96. The topological polar surface area (TPSA) is 17.8 Å². The summed E-state index contributed by atoms with van der Waals surface area (Å²) in [5.74, 6) is 2.06. The van der Waals surface area contributed by atoms with Gasteiger partial charge in [0.05, 0.1) is 0 Å². The van der Waals surface area contributed by atoms with Crippen molar-refractivity contribution in [1.29, 1.82) is 0 Å². The first-order valence-electron chi connectivity index (χ1n) is 16.8. The lowest BCUT2D eigenvalue weighted by Crippen LogP contribution is -2.13. The second-order valence-corrected chi connectivity index (χ2v) is 11.8. The zero-order valence-electron chi connectivity index (χ0n) is 25.4. The Bertz CT molecular complexity index is 563. The minimum Gasteiger partial charge on any atom is -0.332 e. The van der Waals surface area contributed by atoms with E-state index in [9.17, 15) is 0 Å². The number of hydrogen-bond donors (Lipinski definition) is 0. The van der Waals surface area contributed by atoms with Crippen LogP contribution in [0.15, 0.2) is 12.4 Å². The van der Waals surface area contributed by atoms with Crippen molar-refractivity contribution in [3.63, 3.8) is 0 Å². The molecule has 1 aromatic heterocycles. The molecular weight excluding hydrogens is 436 g/mol. The standard InChI is InChI=1S/C34H66N2/c1-5-8-11-14-16-17-18-20-23-26-29-33(28-25-22-19-15-12-9-6-2)34-35-30-31-36(34)32(4)27-24-21-13-10-7-3/h30-33H,5-29H2,1-4H3. The summed E-state index contributed by atoms with van der Waals surface area (Å²) in [6.07, 6.45) is 39.3. The maximum atomic E-state index is 4.96. The van der Waals surface area contributed by atoms with Crippen LogP contribution in [0.3, 0.4) is 0 Å². The van der Waals surface area contributed by atoms with Crippen molar-refractivity contribution in [1.82, 2.24) is 9.55 Å². The van der Waals surface area contributed by atoms with Gasteiger partial charge in [0.2, 0.25) is 0 Å². The van der Waals surface area contributed by atoms with Gasteiger partial charge in [-0.15, -0.1) is 0 Å². The zero-order chi connectivity index (χ0) is 26.1. The first-order chi connectivity index (χ1) is 17.7. The number of rotatable bonds is 27. The van der Waals surface area contributed by atoms with Gasteiger partial charge in [-0.25, -0.2) is 4.98 Å². The Morgan fingerprint density at radius 1 is 0.528 bits per heavy atom. The summed E-state index contributed by atoms with van der Waals surface area (Å²) < 4.78 is 2.56. The molecule has 0 N–H and O–H groups in total. The molecule has 0 fully saturated rings. The van der Waals surface area contributed by atoms with E-state index in [1.54, 1.807) is 0 Å². The Kier molecular flexibility index (Phi) is 22.7. The number of unbranched alkanes of at least 4 members (excludes halogenated alkanes) is 19. The summed E-state index contributed by atoms with van der Waals surface area (Å²) in [5, 5.41) is 0. The highest BCUT2D eigenvalue weighted by molar-refractivity contribution is 5.02. The molecule has 0 aliphatic carbocycles. The molecule has 1 aromatic rings. The molecule has 0 aromatic carbocycles. The molecule has 1 heterocycles. The van der Waals surface area contributed by atoms with Gasteiger partial charge >= 0.3 is 0 Å². The molecule has 0 saturated carbocycles. The molecule has 0 radical (unpaired) electrons. The van der Waals surface area contributed by atoms with Crippen LogP contribution in [-0.2, 0) is 0 Å². The fourth-order valence-corrected chi connectivity index (χ4v) is 5.82. The van der Waals surface area contributed by atoms with Crippen LogP contribution in [0, 0.1) is 0 Å². The van der Waals surface area contributed by atoms with Crippen LogP contribution in [0.1, 0.15) is 206 Å². The Morgan fingerprint density at radius 3 is 1.31 bits per heavy atom. The van der Waals surface area contributed by atoms with Gasteiger partial charge in [-0.1, -0.05) is 162 Å².